The van der Waals surface area contributed by atoms with Crippen LogP contribution in [0.2, 0.25) is 0 Å². The maximum absolute atomic E-state index is 11.3. The quantitative estimate of drug-likeness (QED) is 0.738. The van der Waals surface area contributed by atoms with E-state index in [0.717, 1.165) is 12.8 Å². The highest BCUT2D eigenvalue weighted by Gasteiger charge is 2.41. The van der Waals surface area contributed by atoms with E-state index in [1.807, 2.05) is 0 Å². The van der Waals surface area contributed by atoms with Crippen LogP contribution in [0.15, 0.2) is 18.3 Å². The van der Waals surface area contributed by atoms with Crippen molar-refractivity contribution in [1.29, 1.82) is 0 Å². The average molecular weight is 249 g/mol. The van der Waals surface area contributed by atoms with E-state index in [1.165, 1.54) is 12.3 Å². The molecule has 1 fully saturated rings. The van der Waals surface area contributed by atoms with E-state index in [0.29, 0.717) is 24.2 Å². The molecule has 1 aliphatic rings. The summed E-state index contributed by atoms with van der Waals surface area (Å²) in [7, 11) is 0. The molecule has 0 spiro atoms. The number of anilines is 1. The van der Waals surface area contributed by atoms with Gasteiger partial charge in [-0.15, -0.1) is 0 Å². The molecule has 0 atom stereocenters. The lowest BCUT2D eigenvalue weighted by Gasteiger charge is -2.25. The van der Waals surface area contributed by atoms with Crippen LogP contribution in [0.4, 0.5) is 5.82 Å². The molecule has 18 heavy (non-hydrogen) atoms. The molecule has 0 saturated heterocycles. The number of nitrogens with two attached hydrogens (primary N) is 1. The van der Waals surface area contributed by atoms with E-state index < -0.39 is 17.4 Å². The summed E-state index contributed by atoms with van der Waals surface area (Å²) in [4.78, 5) is 26.2. The number of pyridine rings is 1. The number of carbonyl (C=O) groups excluding carboxylic acids is 1. The number of carbonyl (C=O) groups is 2. The van der Waals surface area contributed by atoms with Gasteiger partial charge in [0.1, 0.15) is 11.4 Å². The molecule has 4 N–H and O–H groups in total. The summed E-state index contributed by atoms with van der Waals surface area (Å²) in [6.45, 7) is 0. The predicted molar refractivity (Wildman–Crippen MR) is 65.2 cm³/mol. The fourth-order valence-electron chi connectivity index (χ4n) is 2.23. The molecule has 6 nitrogen and oxygen atoms in total. The van der Waals surface area contributed by atoms with E-state index in [1.54, 1.807) is 6.07 Å². The lowest BCUT2D eigenvalue weighted by Crippen LogP contribution is -2.43. The van der Waals surface area contributed by atoms with E-state index in [-0.39, 0.29) is 0 Å². The zero-order valence-corrected chi connectivity index (χ0v) is 9.85. The zero-order valence-electron chi connectivity index (χ0n) is 9.85. The van der Waals surface area contributed by atoms with Gasteiger partial charge in [-0.25, -0.2) is 9.78 Å². The number of primary amides is 1. The lowest BCUT2D eigenvalue weighted by molar-refractivity contribution is -0.142. The smallest absolute Gasteiger partial charge is 0.329 e. The molecule has 1 saturated carbocycles. The Kier molecular flexibility index (Phi) is 3.18. The Morgan fingerprint density at radius 2 is 2.00 bits per heavy atom. The highest BCUT2D eigenvalue weighted by atomic mass is 16.4. The molecule has 96 valence electrons. The van der Waals surface area contributed by atoms with Crippen molar-refractivity contribution in [2.75, 3.05) is 5.32 Å². The van der Waals surface area contributed by atoms with E-state index in [4.69, 9.17) is 5.73 Å². The van der Waals surface area contributed by atoms with Crippen LogP contribution in [0, 0.1) is 0 Å². The van der Waals surface area contributed by atoms with Gasteiger partial charge in [0, 0.05) is 6.20 Å². The van der Waals surface area contributed by atoms with Crippen LogP contribution in [0.25, 0.3) is 0 Å². The monoisotopic (exact) mass is 249 g/mol. The molecule has 6 heteroatoms. The Bertz CT molecular complexity index is 464. The Labute approximate surface area is 104 Å². The van der Waals surface area contributed by atoms with Gasteiger partial charge in [0.25, 0.3) is 0 Å². The molecular formula is C12H15N3O3. The minimum Gasteiger partial charge on any atom is -0.480 e. The largest absolute Gasteiger partial charge is 0.480 e. The van der Waals surface area contributed by atoms with Crippen molar-refractivity contribution >= 4 is 17.7 Å². The third-order valence-electron chi connectivity index (χ3n) is 3.28. The van der Waals surface area contributed by atoms with Gasteiger partial charge in [0.15, 0.2) is 0 Å². The van der Waals surface area contributed by atoms with Crippen LogP contribution in [0.1, 0.15) is 36.0 Å². The van der Waals surface area contributed by atoms with Gasteiger partial charge in [0.05, 0.1) is 5.56 Å². The van der Waals surface area contributed by atoms with Crippen molar-refractivity contribution in [3.05, 3.63) is 23.9 Å². The first kappa shape index (κ1) is 12.3. The van der Waals surface area contributed by atoms with Crippen LogP contribution in [-0.2, 0) is 4.79 Å². The molecule has 0 bridgehead atoms. The molecule has 1 heterocycles. The van der Waals surface area contributed by atoms with Crippen LogP contribution in [-0.4, -0.2) is 27.5 Å². The topological polar surface area (TPSA) is 105 Å². The number of hydrogen-bond acceptors (Lipinski definition) is 4. The van der Waals surface area contributed by atoms with Crippen molar-refractivity contribution in [3.63, 3.8) is 0 Å². The third-order valence-corrected chi connectivity index (χ3v) is 3.28. The minimum atomic E-state index is -0.929. The van der Waals surface area contributed by atoms with Crippen LogP contribution < -0.4 is 11.1 Å². The van der Waals surface area contributed by atoms with Gasteiger partial charge < -0.3 is 16.2 Å². The number of hydrogen-bond donors (Lipinski definition) is 3. The van der Waals surface area contributed by atoms with Gasteiger partial charge >= 0.3 is 5.97 Å². The Balaban J connectivity index is 2.17. The molecule has 1 amide bonds. The first-order valence-electron chi connectivity index (χ1n) is 5.81. The molecule has 1 aromatic heterocycles. The highest BCUT2D eigenvalue weighted by molar-refractivity contribution is 5.92. The van der Waals surface area contributed by atoms with E-state index in [2.05, 4.69) is 10.3 Å². The number of rotatable bonds is 4. The van der Waals surface area contributed by atoms with Gasteiger partial charge in [-0.2, -0.15) is 0 Å². The fraction of sp³-hybridized carbons (Fsp3) is 0.417. The average Bonchev–Trinajstić information content (AvgIpc) is 2.79. The second kappa shape index (κ2) is 4.64. The number of nitrogens with one attached hydrogen (secondary N) is 1. The summed E-state index contributed by atoms with van der Waals surface area (Å²) in [6.07, 6.45) is 4.29. The fourth-order valence-corrected chi connectivity index (χ4v) is 2.23. The molecule has 1 aliphatic carbocycles. The molecule has 0 aromatic carbocycles. The summed E-state index contributed by atoms with van der Waals surface area (Å²) in [5.74, 6) is -0.965. The van der Waals surface area contributed by atoms with Crippen molar-refractivity contribution in [1.82, 2.24) is 4.98 Å². The minimum absolute atomic E-state index is 0.302. The molecule has 0 radical (unpaired) electrons. The zero-order chi connectivity index (χ0) is 13.2. The van der Waals surface area contributed by atoms with Crippen molar-refractivity contribution in [3.8, 4) is 0 Å². The van der Waals surface area contributed by atoms with Crippen molar-refractivity contribution in [2.24, 2.45) is 5.73 Å². The third kappa shape index (κ3) is 2.27. The summed E-state index contributed by atoms with van der Waals surface area (Å²) in [6, 6.07) is 3.10. The molecule has 0 unspecified atom stereocenters. The van der Waals surface area contributed by atoms with Crippen molar-refractivity contribution in [2.45, 2.75) is 31.2 Å². The highest BCUT2D eigenvalue weighted by Crippen LogP contribution is 2.32. The molecule has 1 aromatic rings. The van der Waals surface area contributed by atoms with Gasteiger partial charge in [-0.3, -0.25) is 4.79 Å². The maximum atomic E-state index is 11.3. The number of aromatic nitrogens is 1. The second-order valence-electron chi connectivity index (χ2n) is 4.52. The normalized spacial score (nSPS) is 17.3. The maximum Gasteiger partial charge on any atom is 0.329 e. The second-order valence-corrected chi connectivity index (χ2v) is 4.52. The molecule has 2 rings (SSSR count). The number of nitrogens with zero attached hydrogens (tertiary/aromatic N) is 1. The summed E-state index contributed by atoms with van der Waals surface area (Å²) in [5.41, 5.74) is 4.48. The number of amides is 1. The number of aliphatic carboxylic acids is 1. The predicted octanol–water partition coefficient (Wildman–Crippen LogP) is 0.990. The number of carboxylic acids is 1. The van der Waals surface area contributed by atoms with Crippen molar-refractivity contribution < 1.29 is 14.7 Å². The molecule has 0 aliphatic heterocycles. The summed E-state index contributed by atoms with van der Waals surface area (Å²) >= 11 is 0. The Morgan fingerprint density at radius 3 is 2.44 bits per heavy atom. The summed E-state index contributed by atoms with van der Waals surface area (Å²) in [5, 5.41) is 12.3. The van der Waals surface area contributed by atoms with E-state index in [9.17, 15) is 14.7 Å². The standard InChI is InChI=1S/C12H15N3O3/c13-10(16)8-3-4-9(14-7-8)15-12(11(17)18)5-1-2-6-12/h3-4,7H,1-2,5-6H2,(H2,13,16)(H,14,15)(H,17,18). The lowest BCUT2D eigenvalue weighted by atomic mass is 9.98. The van der Waals surface area contributed by atoms with Gasteiger partial charge in [-0.05, 0) is 25.0 Å². The van der Waals surface area contributed by atoms with Gasteiger partial charge in [-0.1, -0.05) is 12.8 Å². The molecular weight excluding hydrogens is 234 g/mol. The van der Waals surface area contributed by atoms with Crippen LogP contribution >= 0.6 is 0 Å². The SMILES string of the molecule is NC(=O)c1ccc(NC2(C(=O)O)CCCC2)nc1. The van der Waals surface area contributed by atoms with E-state index >= 15 is 0 Å². The summed E-state index contributed by atoms with van der Waals surface area (Å²) < 4.78 is 0. The first-order valence-corrected chi connectivity index (χ1v) is 5.81. The van der Waals surface area contributed by atoms with Crippen LogP contribution in [0.5, 0.6) is 0 Å². The Hall–Kier alpha value is -2.11. The number of carboxylic acid groups (broad SMARTS) is 1. The van der Waals surface area contributed by atoms with Crippen LogP contribution in [0.3, 0.4) is 0 Å². The van der Waals surface area contributed by atoms with Gasteiger partial charge in [0.2, 0.25) is 5.91 Å². The first-order chi connectivity index (χ1) is 8.53. The Morgan fingerprint density at radius 1 is 1.33 bits per heavy atom.